The van der Waals surface area contributed by atoms with Gasteiger partial charge in [0.15, 0.2) is 0 Å². The standard InChI is InChI=1S/C11H24N2O3S/c1-3-9-17(15,16)13-7-5-12(6-8-13)11(4-2)10-14/h11,14H,3-10H2,1-2H3. The van der Waals surface area contributed by atoms with E-state index in [4.69, 9.17) is 0 Å². The Morgan fingerprint density at radius 3 is 2.18 bits per heavy atom. The molecule has 1 aliphatic rings. The minimum absolute atomic E-state index is 0.151. The van der Waals surface area contributed by atoms with Crippen LogP contribution in [0.5, 0.6) is 0 Å². The highest BCUT2D eigenvalue weighted by molar-refractivity contribution is 7.89. The predicted molar refractivity (Wildman–Crippen MR) is 68.4 cm³/mol. The van der Waals surface area contributed by atoms with E-state index >= 15 is 0 Å². The van der Waals surface area contributed by atoms with Gasteiger partial charge in [-0.15, -0.1) is 0 Å². The predicted octanol–water partition coefficient (Wildman–Crippen LogP) is 0.115. The van der Waals surface area contributed by atoms with Gasteiger partial charge in [0.1, 0.15) is 0 Å². The van der Waals surface area contributed by atoms with Crippen molar-refractivity contribution in [1.29, 1.82) is 0 Å². The van der Waals surface area contributed by atoms with Crippen LogP contribution in [-0.4, -0.2) is 67.3 Å². The van der Waals surface area contributed by atoms with Crippen molar-refractivity contribution in [2.45, 2.75) is 32.7 Å². The molecular weight excluding hydrogens is 240 g/mol. The molecule has 0 aliphatic carbocycles. The van der Waals surface area contributed by atoms with Gasteiger partial charge in [-0.05, 0) is 12.8 Å². The van der Waals surface area contributed by atoms with Crippen LogP contribution in [0.1, 0.15) is 26.7 Å². The summed E-state index contributed by atoms with van der Waals surface area (Å²) in [4.78, 5) is 2.18. The van der Waals surface area contributed by atoms with Crippen molar-refractivity contribution in [2.75, 3.05) is 38.5 Å². The number of aliphatic hydroxyl groups is 1. The molecule has 1 N–H and O–H groups in total. The van der Waals surface area contributed by atoms with Crippen LogP contribution in [0.3, 0.4) is 0 Å². The lowest BCUT2D eigenvalue weighted by Gasteiger charge is -2.37. The van der Waals surface area contributed by atoms with Gasteiger partial charge in [0, 0.05) is 32.2 Å². The van der Waals surface area contributed by atoms with Crippen LogP contribution in [0.4, 0.5) is 0 Å². The minimum atomic E-state index is -3.05. The molecule has 0 aromatic carbocycles. The van der Waals surface area contributed by atoms with Gasteiger partial charge in [0.25, 0.3) is 0 Å². The highest BCUT2D eigenvalue weighted by Gasteiger charge is 2.28. The Morgan fingerprint density at radius 2 is 1.76 bits per heavy atom. The van der Waals surface area contributed by atoms with E-state index in [9.17, 15) is 13.5 Å². The third-order valence-electron chi connectivity index (χ3n) is 3.33. The Morgan fingerprint density at radius 1 is 1.18 bits per heavy atom. The monoisotopic (exact) mass is 264 g/mol. The highest BCUT2D eigenvalue weighted by atomic mass is 32.2. The smallest absolute Gasteiger partial charge is 0.214 e. The second-order valence-electron chi connectivity index (χ2n) is 4.50. The first-order valence-electron chi connectivity index (χ1n) is 6.37. The zero-order valence-electron chi connectivity index (χ0n) is 10.8. The Hall–Kier alpha value is -0.170. The lowest BCUT2D eigenvalue weighted by molar-refractivity contribution is 0.0881. The molecule has 5 nitrogen and oxygen atoms in total. The zero-order valence-corrected chi connectivity index (χ0v) is 11.6. The first-order chi connectivity index (χ1) is 8.05. The molecule has 0 bridgehead atoms. The largest absolute Gasteiger partial charge is 0.395 e. The number of sulfonamides is 1. The maximum atomic E-state index is 11.9. The molecule has 0 amide bonds. The summed E-state index contributed by atoms with van der Waals surface area (Å²) in [5, 5.41) is 9.21. The summed E-state index contributed by atoms with van der Waals surface area (Å²) in [6.45, 7) is 6.63. The molecule has 17 heavy (non-hydrogen) atoms. The van der Waals surface area contributed by atoms with Crippen LogP contribution in [0.25, 0.3) is 0 Å². The summed E-state index contributed by atoms with van der Waals surface area (Å²) < 4.78 is 25.3. The number of hydrogen-bond donors (Lipinski definition) is 1. The normalized spacial score (nSPS) is 21.6. The van der Waals surface area contributed by atoms with Crippen LogP contribution >= 0.6 is 0 Å². The molecule has 1 saturated heterocycles. The second kappa shape index (κ2) is 6.68. The topological polar surface area (TPSA) is 60.9 Å². The number of aliphatic hydroxyl groups excluding tert-OH is 1. The number of piperazine rings is 1. The van der Waals surface area contributed by atoms with E-state index in [0.717, 1.165) is 19.5 Å². The summed E-state index contributed by atoms with van der Waals surface area (Å²) in [6, 6.07) is 0.172. The summed E-state index contributed by atoms with van der Waals surface area (Å²) >= 11 is 0. The molecule has 0 radical (unpaired) electrons. The Kier molecular flexibility index (Phi) is 5.85. The van der Waals surface area contributed by atoms with Gasteiger partial charge >= 0.3 is 0 Å². The highest BCUT2D eigenvalue weighted by Crippen LogP contribution is 2.12. The number of nitrogens with zero attached hydrogens (tertiary/aromatic N) is 2. The molecule has 1 aliphatic heterocycles. The summed E-state index contributed by atoms with van der Waals surface area (Å²) in [5.74, 6) is 0.240. The third-order valence-corrected chi connectivity index (χ3v) is 5.40. The Bertz CT molecular complexity index is 307. The van der Waals surface area contributed by atoms with E-state index in [-0.39, 0.29) is 18.4 Å². The molecule has 0 spiro atoms. The first kappa shape index (κ1) is 14.9. The number of rotatable bonds is 6. The van der Waals surface area contributed by atoms with Crippen molar-refractivity contribution in [3.63, 3.8) is 0 Å². The van der Waals surface area contributed by atoms with Crippen molar-refractivity contribution < 1.29 is 13.5 Å². The molecule has 1 unspecified atom stereocenters. The maximum absolute atomic E-state index is 11.9. The molecule has 1 atom stereocenters. The van der Waals surface area contributed by atoms with E-state index in [1.165, 1.54) is 0 Å². The molecule has 1 rings (SSSR count). The van der Waals surface area contributed by atoms with Gasteiger partial charge in [0.2, 0.25) is 10.0 Å². The second-order valence-corrected chi connectivity index (χ2v) is 6.58. The minimum Gasteiger partial charge on any atom is -0.395 e. The molecule has 1 fully saturated rings. The zero-order chi connectivity index (χ0) is 12.9. The SMILES string of the molecule is CCCS(=O)(=O)N1CCN(C(CC)CO)CC1. The molecule has 0 aromatic rings. The van der Waals surface area contributed by atoms with Crippen LogP contribution < -0.4 is 0 Å². The van der Waals surface area contributed by atoms with E-state index in [1.807, 2.05) is 13.8 Å². The van der Waals surface area contributed by atoms with Crippen LogP contribution in [0.15, 0.2) is 0 Å². The van der Waals surface area contributed by atoms with Crippen molar-refractivity contribution in [3.8, 4) is 0 Å². The van der Waals surface area contributed by atoms with Crippen LogP contribution in [0, 0.1) is 0 Å². The summed E-state index contributed by atoms with van der Waals surface area (Å²) in [5.41, 5.74) is 0. The van der Waals surface area contributed by atoms with Gasteiger partial charge in [-0.25, -0.2) is 8.42 Å². The van der Waals surface area contributed by atoms with E-state index in [0.29, 0.717) is 19.5 Å². The maximum Gasteiger partial charge on any atom is 0.214 e. The van der Waals surface area contributed by atoms with Gasteiger partial charge < -0.3 is 5.11 Å². The van der Waals surface area contributed by atoms with Crippen molar-refractivity contribution in [1.82, 2.24) is 9.21 Å². The van der Waals surface area contributed by atoms with Crippen molar-refractivity contribution in [2.24, 2.45) is 0 Å². The van der Waals surface area contributed by atoms with E-state index in [1.54, 1.807) is 4.31 Å². The average Bonchev–Trinajstić information content (AvgIpc) is 2.31. The Balaban J connectivity index is 2.51. The molecule has 1 heterocycles. The van der Waals surface area contributed by atoms with Gasteiger partial charge in [0.05, 0.1) is 12.4 Å². The van der Waals surface area contributed by atoms with Crippen molar-refractivity contribution in [3.05, 3.63) is 0 Å². The van der Waals surface area contributed by atoms with Gasteiger partial charge in [-0.3, -0.25) is 4.90 Å². The fraction of sp³-hybridized carbons (Fsp3) is 1.00. The molecular formula is C11H24N2O3S. The van der Waals surface area contributed by atoms with Crippen LogP contribution in [-0.2, 0) is 10.0 Å². The van der Waals surface area contributed by atoms with Gasteiger partial charge in [-0.2, -0.15) is 4.31 Å². The molecule has 102 valence electrons. The Labute approximate surface area is 104 Å². The van der Waals surface area contributed by atoms with E-state index < -0.39 is 10.0 Å². The fourth-order valence-electron chi connectivity index (χ4n) is 2.24. The van der Waals surface area contributed by atoms with E-state index in [2.05, 4.69) is 4.90 Å². The summed E-state index contributed by atoms with van der Waals surface area (Å²) in [6.07, 6.45) is 1.56. The number of hydrogen-bond acceptors (Lipinski definition) is 4. The average molecular weight is 264 g/mol. The first-order valence-corrected chi connectivity index (χ1v) is 7.98. The lowest BCUT2D eigenvalue weighted by Crippen LogP contribution is -2.53. The lowest BCUT2D eigenvalue weighted by atomic mass is 10.2. The quantitative estimate of drug-likeness (QED) is 0.740. The molecule has 0 aromatic heterocycles. The third kappa shape index (κ3) is 3.91. The fourth-order valence-corrected chi connectivity index (χ4v) is 3.73. The van der Waals surface area contributed by atoms with Crippen molar-refractivity contribution >= 4 is 10.0 Å². The van der Waals surface area contributed by atoms with Gasteiger partial charge in [-0.1, -0.05) is 13.8 Å². The molecule has 0 saturated carbocycles. The summed E-state index contributed by atoms with van der Waals surface area (Å²) in [7, 11) is -3.05. The molecule has 6 heteroatoms. The van der Waals surface area contributed by atoms with Crippen LogP contribution in [0.2, 0.25) is 0 Å².